The fourth-order valence-electron chi connectivity index (χ4n) is 1.11. The summed E-state index contributed by atoms with van der Waals surface area (Å²) in [5, 5.41) is 0. The number of aryl methyl sites for hydroxylation is 1. The Kier molecular flexibility index (Phi) is 4.76. The first-order valence-electron chi connectivity index (χ1n) is 5.24. The van der Waals surface area contributed by atoms with E-state index in [1.54, 1.807) is 6.92 Å². The smallest absolute Gasteiger partial charge is 0.434 e. The van der Waals surface area contributed by atoms with Gasteiger partial charge in [0.05, 0.1) is 6.61 Å². The van der Waals surface area contributed by atoms with Crippen LogP contribution >= 0.6 is 0 Å². The van der Waals surface area contributed by atoms with E-state index < -0.39 is 6.16 Å². The average molecular weight is 226 g/mol. The van der Waals surface area contributed by atoms with Crippen LogP contribution in [0.4, 0.5) is 9.18 Å². The molecule has 1 rings (SSSR count). The molecule has 4 heteroatoms. The van der Waals surface area contributed by atoms with Crippen molar-refractivity contribution in [2.45, 2.75) is 26.7 Å². The van der Waals surface area contributed by atoms with E-state index in [1.807, 2.05) is 6.92 Å². The van der Waals surface area contributed by atoms with Crippen LogP contribution in [0.15, 0.2) is 18.2 Å². The van der Waals surface area contributed by atoms with Gasteiger partial charge >= 0.3 is 6.16 Å². The van der Waals surface area contributed by atoms with Crippen molar-refractivity contribution in [3.63, 3.8) is 0 Å². The summed E-state index contributed by atoms with van der Waals surface area (Å²) < 4.78 is 22.6. The maximum atomic E-state index is 12.9. The van der Waals surface area contributed by atoms with Crippen molar-refractivity contribution in [3.8, 4) is 5.75 Å². The summed E-state index contributed by atoms with van der Waals surface area (Å²) in [6.45, 7) is 3.94. The summed E-state index contributed by atoms with van der Waals surface area (Å²) in [7, 11) is 0. The first-order valence-corrected chi connectivity index (χ1v) is 5.24. The summed E-state index contributed by atoms with van der Waals surface area (Å²) in [6.07, 6.45) is 1.000. The van der Waals surface area contributed by atoms with Gasteiger partial charge in [0.1, 0.15) is 11.6 Å². The van der Waals surface area contributed by atoms with Crippen LogP contribution < -0.4 is 4.74 Å². The average Bonchev–Trinajstić information content (AvgIpc) is 2.24. The fraction of sp³-hybridized carbons (Fsp3) is 0.417. The van der Waals surface area contributed by atoms with Crippen molar-refractivity contribution in [2.75, 3.05) is 6.61 Å². The molecule has 0 bridgehead atoms. The van der Waals surface area contributed by atoms with E-state index in [9.17, 15) is 9.18 Å². The Morgan fingerprint density at radius 1 is 1.44 bits per heavy atom. The standard InChI is InChI=1S/C12H15FO3/c1-3-4-7-15-12(14)16-10-5-6-11(13)9(2)8-10/h5-6,8H,3-4,7H2,1-2H3. The zero-order valence-corrected chi connectivity index (χ0v) is 9.46. The lowest BCUT2D eigenvalue weighted by Gasteiger charge is -2.06. The van der Waals surface area contributed by atoms with Crippen LogP contribution in [0.2, 0.25) is 0 Å². The third-order valence-electron chi connectivity index (χ3n) is 2.05. The van der Waals surface area contributed by atoms with Gasteiger partial charge in [-0.1, -0.05) is 13.3 Å². The first-order chi connectivity index (χ1) is 7.63. The highest BCUT2D eigenvalue weighted by Crippen LogP contribution is 2.16. The molecule has 16 heavy (non-hydrogen) atoms. The Morgan fingerprint density at radius 3 is 2.81 bits per heavy atom. The molecule has 1 aromatic rings. The second kappa shape index (κ2) is 6.10. The molecular formula is C12H15FO3. The number of halogens is 1. The minimum Gasteiger partial charge on any atom is -0.434 e. The van der Waals surface area contributed by atoms with Crippen molar-refractivity contribution in [3.05, 3.63) is 29.6 Å². The first kappa shape index (κ1) is 12.5. The topological polar surface area (TPSA) is 35.5 Å². The van der Waals surface area contributed by atoms with Gasteiger partial charge < -0.3 is 9.47 Å². The number of hydrogen-bond donors (Lipinski definition) is 0. The van der Waals surface area contributed by atoms with Gasteiger partial charge in [0, 0.05) is 0 Å². The fourth-order valence-corrected chi connectivity index (χ4v) is 1.11. The van der Waals surface area contributed by atoms with E-state index in [4.69, 9.17) is 9.47 Å². The van der Waals surface area contributed by atoms with Crippen LogP contribution in [-0.4, -0.2) is 12.8 Å². The van der Waals surface area contributed by atoms with E-state index in [2.05, 4.69) is 0 Å². The molecule has 0 spiro atoms. The number of carbonyl (C=O) groups excluding carboxylic acids is 1. The van der Waals surface area contributed by atoms with Gasteiger partial charge in [-0.15, -0.1) is 0 Å². The Hall–Kier alpha value is -1.58. The molecule has 0 atom stereocenters. The molecule has 88 valence electrons. The van der Waals surface area contributed by atoms with Gasteiger partial charge in [-0.05, 0) is 37.1 Å². The molecule has 0 aliphatic heterocycles. The Balaban J connectivity index is 2.46. The minimum atomic E-state index is -0.751. The zero-order valence-electron chi connectivity index (χ0n) is 9.46. The van der Waals surface area contributed by atoms with E-state index in [0.29, 0.717) is 17.9 Å². The summed E-state index contributed by atoms with van der Waals surface area (Å²) in [4.78, 5) is 11.1. The molecule has 0 saturated heterocycles. The molecular weight excluding hydrogens is 211 g/mol. The lowest BCUT2D eigenvalue weighted by Crippen LogP contribution is -2.11. The van der Waals surface area contributed by atoms with Crippen molar-refractivity contribution in [2.24, 2.45) is 0 Å². The number of carbonyl (C=O) groups is 1. The predicted molar refractivity (Wildman–Crippen MR) is 58.0 cm³/mol. The van der Waals surface area contributed by atoms with E-state index in [1.165, 1.54) is 18.2 Å². The Labute approximate surface area is 94.2 Å². The van der Waals surface area contributed by atoms with Crippen LogP contribution in [0, 0.1) is 12.7 Å². The second-order valence-electron chi connectivity index (χ2n) is 3.47. The molecule has 0 heterocycles. The van der Waals surface area contributed by atoms with E-state index >= 15 is 0 Å². The van der Waals surface area contributed by atoms with Crippen LogP contribution in [0.3, 0.4) is 0 Å². The molecule has 0 aliphatic rings. The predicted octanol–water partition coefficient (Wildman–Crippen LogP) is 3.45. The van der Waals surface area contributed by atoms with Crippen LogP contribution in [0.1, 0.15) is 25.3 Å². The third-order valence-corrected chi connectivity index (χ3v) is 2.05. The minimum absolute atomic E-state index is 0.292. The number of hydrogen-bond acceptors (Lipinski definition) is 3. The molecule has 0 unspecified atom stereocenters. The van der Waals surface area contributed by atoms with Crippen molar-refractivity contribution < 1.29 is 18.7 Å². The summed E-state index contributed by atoms with van der Waals surface area (Å²) in [5.74, 6) is -0.0351. The molecule has 0 aliphatic carbocycles. The number of rotatable bonds is 4. The van der Waals surface area contributed by atoms with Crippen molar-refractivity contribution in [1.29, 1.82) is 0 Å². The highest BCUT2D eigenvalue weighted by atomic mass is 19.1. The highest BCUT2D eigenvalue weighted by molar-refractivity contribution is 5.63. The third kappa shape index (κ3) is 3.88. The van der Waals surface area contributed by atoms with Crippen LogP contribution in [0.25, 0.3) is 0 Å². The molecule has 0 N–H and O–H groups in total. The monoisotopic (exact) mass is 226 g/mol. The van der Waals surface area contributed by atoms with Gasteiger partial charge in [0.15, 0.2) is 0 Å². The Morgan fingerprint density at radius 2 is 2.19 bits per heavy atom. The van der Waals surface area contributed by atoms with Gasteiger partial charge in [0.2, 0.25) is 0 Å². The molecule has 0 saturated carbocycles. The number of unbranched alkanes of at least 4 members (excludes halogenated alkanes) is 1. The number of benzene rings is 1. The van der Waals surface area contributed by atoms with Gasteiger partial charge in [-0.2, -0.15) is 0 Å². The SMILES string of the molecule is CCCCOC(=O)Oc1ccc(F)c(C)c1. The van der Waals surface area contributed by atoms with Gasteiger partial charge in [-0.3, -0.25) is 0 Å². The molecule has 0 fully saturated rings. The summed E-state index contributed by atoms with van der Waals surface area (Å²) in [5.41, 5.74) is 0.429. The van der Waals surface area contributed by atoms with E-state index in [0.717, 1.165) is 12.8 Å². The number of ether oxygens (including phenoxy) is 2. The zero-order chi connectivity index (χ0) is 12.0. The van der Waals surface area contributed by atoms with Crippen LogP contribution in [0.5, 0.6) is 5.75 Å². The maximum absolute atomic E-state index is 12.9. The van der Waals surface area contributed by atoms with Gasteiger partial charge in [-0.25, -0.2) is 9.18 Å². The largest absolute Gasteiger partial charge is 0.513 e. The summed E-state index contributed by atoms with van der Waals surface area (Å²) >= 11 is 0. The quantitative estimate of drug-likeness (QED) is 0.448. The molecule has 3 nitrogen and oxygen atoms in total. The Bertz CT molecular complexity index is 363. The van der Waals surface area contributed by atoms with E-state index in [-0.39, 0.29) is 5.82 Å². The molecule has 0 aromatic heterocycles. The summed E-state index contributed by atoms with van der Waals surface area (Å²) in [6, 6.07) is 4.10. The molecule has 0 radical (unpaired) electrons. The lowest BCUT2D eigenvalue weighted by molar-refractivity contribution is 0.0978. The lowest BCUT2D eigenvalue weighted by atomic mass is 10.2. The molecule has 1 aromatic carbocycles. The molecule has 0 amide bonds. The second-order valence-corrected chi connectivity index (χ2v) is 3.47. The van der Waals surface area contributed by atoms with Crippen LogP contribution in [-0.2, 0) is 4.74 Å². The van der Waals surface area contributed by atoms with Gasteiger partial charge in [0.25, 0.3) is 0 Å². The van der Waals surface area contributed by atoms with Crippen molar-refractivity contribution >= 4 is 6.16 Å². The van der Waals surface area contributed by atoms with Crippen molar-refractivity contribution in [1.82, 2.24) is 0 Å². The highest BCUT2D eigenvalue weighted by Gasteiger charge is 2.07. The normalized spacial score (nSPS) is 9.94. The maximum Gasteiger partial charge on any atom is 0.513 e.